The van der Waals surface area contributed by atoms with Crippen molar-refractivity contribution >= 4 is 28.9 Å². The van der Waals surface area contributed by atoms with Crippen molar-refractivity contribution in [1.29, 1.82) is 0 Å². The highest BCUT2D eigenvalue weighted by Crippen LogP contribution is 2.44. The molecule has 0 bridgehead atoms. The molecule has 0 radical (unpaired) electrons. The van der Waals surface area contributed by atoms with Crippen LogP contribution in [0, 0.1) is 75.6 Å². The first-order valence-corrected chi connectivity index (χ1v) is 13.3. The highest BCUT2D eigenvalue weighted by atomic mass is 19.2. The molecule has 3 nitrogen and oxygen atoms in total. The van der Waals surface area contributed by atoms with E-state index in [2.05, 4.69) is 0 Å². The summed E-state index contributed by atoms with van der Waals surface area (Å²) in [5.41, 5.74) is -1.57. The maximum Gasteiger partial charge on any atom is 0.864 e. The van der Waals surface area contributed by atoms with E-state index in [9.17, 15) is 48.3 Å². The van der Waals surface area contributed by atoms with Crippen molar-refractivity contribution in [2.45, 2.75) is 0 Å². The Kier molecular flexibility index (Phi) is 8.46. The molecular weight excluding hydrogens is 690 g/mol. The van der Waals surface area contributed by atoms with E-state index >= 15 is 8.78 Å². The summed E-state index contributed by atoms with van der Waals surface area (Å²) in [5.74, 6) is -28.3. The molecule has 0 N–H and O–H groups in total. The van der Waals surface area contributed by atoms with E-state index < -0.39 is 133 Å². The predicted octanol–water partition coefficient (Wildman–Crippen LogP) is 9.99. The van der Waals surface area contributed by atoms with Gasteiger partial charge in [-0.05, 0) is 42.0 Å². The first-order valence-electron chi connectivity index (χ1n) is 13.3. The normalized spacial score (nSPS) is 11.4. The van der Waals surface area contributed by atoms with Crippen molar-refractivity contribution in [3.8, 4) is 28.4 Å². The van der Waals surface area contributed by atoms with Crippen LogP contribution in [0.2, 0.25) is 0 Å². The predicted molar refractivity (Wildman–Crippen MR) is 147 cm³/mol. The van der Waals surface area contributed by atoms with Crippen LogP contribution in [-0.4, -0.2) is 7.32 Å². The summed E-state index contributed by atoms with van der Waals surface area (Å²) in [6.07, 6.45) is 0. The van der Waals surface area contributed by atoms with Crippen molar-refractivity contribution in [1.82, 2.24) is 0 Å². The number of hydrogen-bond donors (Lipinski definition) is 0. The van der Waals surface area contributed by atoms with Crippen molar-refractivity contribution in [3.63, 3.8) is 0 Å². The lowest BCUT2D eigenvalue weighted by Crippen LogP contribution is -2.38. The highest BCUT2D eigenvalue weighted by molar-refractivity contribution is 6.40. The number of rotatable bonds is 7. The smallest absolute Gasteiger partial charge is 0.488 e. The van der Waals surface area contributed by atoms with Gasteiger partial charge in [-0.3, -0.25) is 0 Å². The molecule has 0 unspecified atom stereocenters. The summed E-state index contributed by atoms with van der Waals surface area (Å²) in [6.45, 7) is 0. The van der Waals surface area contributed by atoms with Crippen molar-refractivity contribution < 1.29 is 71.0 Å². The van der Waals surface area contributed by atoms with E-state index in [0.717, 1.165) is 18.2 Å². The summed E-state index contributed by atoms with van der Waals surface area (Å²) in [6, 6.07) is 5.26. The minimum Gasteiger partial charge on any atom is -0.488 e. The highest BCUT2D eigenvalue weighted by Gasteiger charge is 2.37. The van der Waals surface area contributed by atoms with E-state index in [-0.39, 0.29) is 6.07 Å². The second-order valence-electron chi connectivity index (χ2n) is 10.0. The van der Waals surface area contributed by atoms with E-state index in [1.54, 1.807) is 0 Å². The molecule has 17 heteroatoms. The fraction of sp³-hybridized carbons (Fsp3) is 0. The molecule has 6 rings (SSSR count). The Bertz CT molecular complexity index is 2280. The Morgan fingerprint density at radius 2 is 0.939 bits per heavy atom. The fourth-order valence-electron chi connectivity index (χ4n) is 4.92. The Hall–Kier alpha value is -5.61. The molecule has 49 heavy (non-hydrogen) atoms. The van der Waals surface area contributed by atoms with Gasteiger partial charge in [-0.1, -0.05) is 18.2 Å². The van der Waals surface area contributed by atoms with Crippen molar-refractivity contribution in [2.24, 2.45) is 0 Å². The van der Waals surface area contributed by atoms with Crippen LogP contribution in [0.4, 0.5) is 57.1 Å². The van der Waals surface area contributed by atoms with Crippen LogP contribution in [0.5, 0.6) is 17.2 Å². The van der Waals surface area contributed by atoms with Crippen LogP contribution in [0.3, 0.4) is 0 Å². The summed E-state index contributed by atoms with van der Waals surface area (Å²) in [5, 5.41) is -3.94. The molecule has 0 aliphatic rings. The van der Waals surface area contributed by atoms with Gasteiger partial charge in [-0.25, -0.2) is 48.3 Å². The third-order valence-electron chi connectivity index (χ3n) is 7.10. The van der Waals surface area contributed by atoms with Gasteiger partial charge in [0, 0.05) is 27.8 Å². The minimum atomic E-state index is -2.79. The lowest BCUT2D eigenvalue weighted by molar-refractivity contribution is 0.287. The monoisotopic (exact) mass is 700 g/mol. The molecule has 6 aromatic carbocycles. The summed E-state index contributed by atoms with van der Waals surface area (Å²) < 4.78 is 204. The molecule has 0 fully saturated rings. The molecule has 0 aromatic heterocycles. The maximum absolute atomic E-state index is 15.5. The molecule has 0 aliphatic carbocycles. The molecule has 250 valence electrons. The quantitative estimate of drug-likeness (QED) is 0.0719. The third-order valence-corrected chi connectivity index (χ3v) is 7.10. The van der Waals surface area contributed by atoms with Gasteiger partial charge in [0.2, 0.25) is 11.6 Å². The van der Waals surface area contributed by atoms with Crippen molar-refractivity contribution in [2.75, 3.05) is 0 Å². The van der Waals surface area contributed by atoms with Gasteiger partial charge in [0.15, 0.2) is 46.5 Å². The first-order chi connectivity index (χ1) is 23.2. The zero-order chi connectivity index (χ0) is 35.5. The molecule has 0 aliphatic heterocycles. The second-order valence-corrected chi connectivity index (χ2v) is 10.0. The van der Waals surface area contributed by atoms with E-state index in [1.807, 2.05) is 0 Å². The third kappa shape index (κ3) is 5.68. The maximum atomic E-state index is 15.5. The van der Waals surface area contributed by atoms with Gasteiger partial charge >= 0.3 is 7.32 Å². The van der Waals surface area contributed by atoms with Crippen LogP contribution < -0.4 is 14.0 Å². The summed E-state index contributed by atoms with van der Waals surface area (Å²) >= 11 is 0. The zero-order valence-corrected chi connectivity index (χ0v) is 23.5. The fourth-order valence-corrected chi connectivity index (χ4v) is 4.92. The lowest BCUT2D eigenvalue weighted by Gasteiger charge is -2.22. The van der Waals surface area contributed by atoms with Crippen LogP contribution in [0.1, 0.15) is 0 Å². The number of hydrogen-bond acceptors (Lipinski definition) is 3. The van der Waals surface area contributed by atoms with Gasteiger partial charge in [0.1, 0.15) is 34.7 Å². The molecule has 0 heterocycles. The number of benzene rings is 6. The second kappa shape index (κ2) is 12.4. The minimum absolute atomic E-state index is 0.220. The van der Waals surface area contributed by atoms with Crippen molar-refractivity contribution in [3.05, 3.63) is 136 Å². The largest absolute Gasteiger partial charge is 0.864 e. The summed E-state index contributed by atoms with van der Waals surface area (Å²) in [7, 11) is -2.79. The van der Waals surface area contributed by atoms with Crippen LogP contribution in [-0.2, 0) is 0 Å². The molecule has 0 amide bonds. The standard InChI is InChI=1S/C32H10BF13O3/c34-11-8-15-23(18(37)9-11)19(38)10-14(12-2-1-3-13-22(12)29(44)31(46)30(45)24(13)39)32(15)49-33(47-20-6-4-16(35)25(40)27(20)42)48-21-7-5-17(36)26(41)28(21)43/h1-10H. The SMILES string of the molecule is Fc1cc(F)c2c(F)cc(-c3cccc4c(F)c(F)c(F)c(F)c34)c(OB(Oc3ccc(F)c(F)c3F)Oc3ccc(F)c(F)c3F)c2c1. The lowest BCUT2D eigenvalue weighted by atomic mass is 9.93. The Morgan fingerprint density at radius 1 is 0.388 bits per heavy atom. The van der Waals surface area contributed by atoms with Crippen LogP contribution in [0.15, 0.2) is 60.7 Å². The molecule has 6 aromatic rings. The number of fused-ring (bicyclic) bond motifs is 2. The van der Waals surface area contributed by atoms with Gasteiger partial charge in [0.25, 0.3) is 0 Å². The molecule has 0 atom stereocenters. The Labute approximate surface area is 264 Å². The van der Waals surface area contributed by atoms with E-state index in [1.165, 1.54) is 0 Å². The van der Waals surface area contributed by atoms with Crippen LogP contribution >= 0.6 is 0 Å². The average molecular weight is 700 g/mol. The van der Waals surface area contributed by atoms with Gasteiger partial charge < -0.3 is 14.0 Å². The van der Waals surface area contributed by atoms with Gasteiger partial charge in [-0.2, -0.15) is 8.78 Å². The van der Waals surface area contributed by atoms with E-state index in [4.69, 9.17) is 14.0 Å². The molecule has 0 spiro atoms. The summed E-state index contributed by atoms with van der Waals surface area (Å²) in [4.78, 5) is 0. The van der Waals surface area contributed by atoms with Crippen LogP contribution in [0.25, 0.3) is 32.7 Å². The first kappa shape index (κ1) is 33.3. The number of halogens is 13. The Balaban J connectivity index is 1.64. The zero-order valence-electron chi connectivity index (χ0n) is 23.5. The molecule has 0 saturated carbocycles. The molecule has 0 saturated heterocycles. The van der Waals surface area contributed by atoms with Gasteiger partial charge in [0.05, 0.1) is 5.39 Å². The Morgan fingerprint density at radius 3 is 1.53 bits per heavy atom. The van der Waals surface area contributed by atoms with E-state index in [0.29, 0.717) is 36.4 Å². The van der Waals surface area contributed by atoms with Gasteiger partial charge in [-0.15, -0.1) is 0 Å². The molecular formula is C32H10BF13O3. The topological polar surface area (TPSA) is 27.7 Å². The average Bonchev–Trinajstić information content (AvgIpc) is 3.07.